The number of anilines is 1. The molecule has 1 aromatic carbocycles. The van der Waals surface area contributed by atoms with Crippen LogP contribution in [0.25, 0.3) is 11.0 Å². The lowest BCUT2D eigenvalue weighted by Crippen LogP contribution is -2.35. The first kappa shape index (κ1) is 17.7. The lowest BCUT2D eigenvalue weighted by atomic mass is 10.3. The van der Waals surface area contributed by atoms with Crippen LogP contribution in [0.3, 0.4) is 0 Å². The van der Waals surface area contributed by atoms with Crippen LogP contribution in [0.4, 0.5) is 5.95 Å². The van der Waals surface area contributed by atoms with Crippen LogP contribution < -0.4 is 16.4 Å². The molecule has 0 fully saturated rings. The third-order valence-corrected chi connectivity index (χ3v) is 7.87. The number of fused-ring (bicyclic) bond motifs is 1. The second-order valence-corrected chi connectivity index (χ2v) is 7.66. The van der Waals surface area contributed by atoms with Gasteiger partial charge in [-0.2, -0.15) is 0 Å². The Hall–Kier alpha value is 0.330. The average Bonchev–Trinajstić information content (AvgIpc) is 2.80. The molecule has 0 unspecified atom stereocenters. The van der Waals surface area contributed by atoms with Crippen LogP contribution in [0.5, 0.6) is 0 Å². The summed E-state index contributed by atoms with van der Waals surface area (Å²) in [5.41, 5.74) is 13.3. The molecule has 0 amide bonds. The molecule has 0 saturated heterocycles. The van der Waals surface area contributed by atoms with Gasteiger partial charge < -0.3 is 20.9 Å². The maximum Gasteiger partial charge on any atom is 0.206 e. The second-order valence-electron chi connectivity index (χ2n) is 4.49. The maximum atomic E-state index is 5.70. The average molecular weight is 549 g/mol. The summed E-state index contributed by atoms with van der Waals surface area (Å²) in [5, 5.41) is 0. The van der Waals surface area contributed by atoms with Gasteiger partial charge in [0.05, 0.1) is 14.5 Å². The first-order chi connectivity index (χ1) is 9.93. The Morgan fingerprint density at radius 2 is 1.48 bits per heavy atom. The number of imidazole rings is 1. The summed E-state index contributed by atoms with van der Waals surface area (Å²) in [7, 11) is 1.99. The summed E-state index contributed by atoms with van der Waals surface area (Å²) in [6.45, 7) is 2.54. The number of rotatable bonds is 5. The van der Waals surface area contributed by atoms with Crippen molar-refractivity contribution in [3.63, 3.8) is 0 Å². The highest BCUT2D eigenvalue weighted by atomic mass is 79.9. The lowest BCUT2D eigenvalue weighted by molar-refractivity contribution is 0.734. The van der Waals surface area contributed by atoms with E-state index in [1.165, 1.54) is 0 Å². The Balaban J connectivity index is 2.70. The zero-order valence-corrected chi connectivity index (χ0v) is 17.7. The van der Waals surface area contributed by atoms with E-state index in [-0.39, 0.29) is 0 Å². The van der Waals surface area contributed by atoms with Gasteiger partial charge in [-0.15, -0.1) is 0 Å². The topological polar surface area (TPSA) is 73.1 Å². The molecule has 4 N–H and O–H groups in total. The van der Waals surface area contributed by atoms with Gasteiger partial charge in [-0.3, -0.25) is 0 Å². The third-order valence-electron chi connectivity index (χ3n) is 3.15. The summed E-state index contributed by atoms with van der Waals surface area (Å²) in [6, 6.07) is 0. The molecule has 2 rings (SSSR count). The van der Waals surface area contributed by atoms with E-state index < -0.39 is 0 Å². The quantitative estimate of drug-likeness (QED) is 0.444. The van der Waals surface area contributed by atoms with E-state index >= 15 is 0 Å². The molecule has 0 bridgehead atoms. The molecule has 0 spiro atoms. The molecular weight excluding hydrogens is 534 g/mol. The highest BCUT2D eigenvalue weighted by Gasteiger charge is 2.22. The van der Waals surface area contributed by atoms with Gasteiger partial charge in [-0.05, 0) is 63.7 Å². The van der Waals surface area contributed by atoms with Crippen LogP contribution in [0.2, 0.25) is 0 Å². The molecule has 0 aliphatic heterocycles. The van der Waals surface area contributed by atoms with Crippen molar-refractivity contribution in [2.24, 2.45) is 18.5 Å². The predicted octanol–water partition coefficient (Wildman–Crippen LogP) is 3.35. The molecule has 21 heavy (non-hydrogen) atoms. The molecule has 116 valence electrons. The van der Waals surface area contributed by atoms with Gasteiger partial charge in [0.25, 0.3) is 0 Å². The van der Waals surface area contributed by atoms with E-state index in [1.54, 1.807) is 0 Å². The molecule has 0 aliphatic carbocycles. The van der Waals surface area contributed by atoms with E-state index in [0.717, 1.165) is 34.9 Å². The number of aromatic nitrogens is 2. The second kappa shape index (κ2) is 7.27. The van der Waals surface area contributed by atoms with Gasteiger partial charge in [0, 0.05) is 42.2 Å². The van der Waals surface area contributed by atoms with E-state index in [0.29, 0.717) is 26.2 Å². The summed E-state index contributed by atoms with van der Waals surface area (Å²) in [5.74, 6) is 0.854. The largest absolute Gasteiger partial charge is 0.340 e. The molecule has 1 heterocycles. The van der Waals surface area contributed by atoms with Gasteiger partial charge in [0.15, 0.2) is 0 Å². The van der Waals surface area contributed by atoms with Gasteiger partial charge >= 0.3 is 0 Å². The minimum atomic E-state index is 0.554. The third kappa shape index (κ3) is 3.18. The fraction of sp³-hybridized carbons (Fsp3) is 0.417. The number of hydrogen-bond donors (Lipinski definition) is 2. The highest BCUT2D eigenvalue weighted by molar-refractivity contribution is 9.15. The van der Waals surface area contributed by atoms with Crippen LogP contribution in [0.15, 0.2) is 17.9 Å². The summed E-state index contributed by atoms with van der Waals surface area (Å²) in [6.07, 6.45) is 0. The van der Waals surface area contributed by atoms with E-state index in [1.807, 2.05) is 11.6 Å². The molecule has 9 heteroatoms. The van der Waals surface area contributed by atoms with Crippen molar-refractivity contribution in [1.29, 1.82) is 0 Å². The molecule has 0 radical (unpaired) electrons. The Morgan fingerprint density at radius 1 is 0.952 bits per heavy atom. The molecule has 0 saturated carbocycles. The van der Waals surface area contributed by atoms with Crippen LogP contribution in [0.1, 0.15) is 0 Å². The Morgan fingerprint density at radius 3 is 2.00 bits per heavy atom. The SMILES string of the molecule is Cn1c(N(CCN)CCN)nc2c(Br)c(Br)c(Br)c(Br)c21. The van der Waals surface area contributed by atoms with Crippen molar-refractivity contribution in [3.05, 3.63) is 17.9 Å². The first-order valence-corrected chi connectivity index (χ1v) is 9.44. The normalized spacial score (nSPS) is 11.4. The molecule has 1 aromatic heterocycles. The van der Waals surface area contributed by atoms with Crippen molar-refractivity contribution in [1.82, 2.24) is 9.55 Å². The molecule has 0 aliphatic rings. The minimum Gasteiger partial charge on any atom is -0.340 e. The maximum absolute atomic E-state index is 5.70. The van der Waals surface area contributed by atoms with Crippen molar-refractivity contribution >= 4 is 80.7 Å². The Bertz CT molecular complexity index is 664. The number of nitrogens with two attached hydrogens (primary N) is 2. The van der Waals surface area contributed by atoms with Crippen molar-refractivity contribution < 1.29 is 0 Å². The fourth-order valence-corrected chi connectivity index (χ4v) is 4.63. The summed E-state index contributed by atoms with van der Waals surface area (Å²) >= 11 is 14.4. The predicted molar refractivity (Wildman–Crippen MR) is 102 cm³/mol. The van der Waals surface area contributed by atoms with E-state index in [2.05, 4.69) is 68.6 Å². The summed E-state index contributed by atoms with van der Waals surface area (Å²) < 4.78 is 5.78. The van der Waals surface area contributed by atoms with Crippen molar-refractivity contribution in [2.45, 2.75) is 0 Å². The Kier molecular flexibility index (Phi) is 6.12. The van der Waals surface area contributed by atoms with Crippen LogP contribution in [-0.4, -0.2) is 35.7 Å². The molecule has 5 nitrogen and oxygen atoms in total. The lowest BCUT2D eigenvalue weighted by Gasteiger charge is -2.22. The molecule has 0 atom stereocenters. The zero-order valence-electron chi connectivity index (χ0n) is 11.3. The van der Waals surface area contributed by atoms with Crippen LogP contribution in [-0.2, 0) is 7.05 Å². The minimum absolute atomic E-state index is 0.554. The smallest absolute Gasteiger partial charge is 0.206 e. The van der Waals surface area contributed by atoms with Gasteiger partial charge in [0.2, 0.25) is 5.95 Å². The van der Waals surface area contributed by atoms with Crippen molar-refractivity contribution in [3.8, 4) is 0 Å². The van der Waals surface area contributed by atoms with Crippen LogP contribution >= 0.6 is 63.7 Å². The van der Waals surface area contributed by atoms with Crippen LogP contribution in [0, 0.1) is 0 Å². The zero-order chi connectivity index (χ0) is 15.7. The number of aryl methyl sites for hydroxylation is 1. The number of halogens is 4. The first-order valence-electron chi connectivity index (χ1n) is 6.27. The van der Waals surface area contributed by atoms with E-state index in [9.17, 15) is 0 Å². The monoisotopic (exact) mass is 545 g/mol. The van der Waals surface area contributed by atoms with Gasteiger partial charge in [0.1, 0.15) is 5.52 Å². The Labute approximate surface area is 156 Å². The van der Waals surface area contributed by atoms with Gasteiger partial charge in [-0.25, -0.2) is 4.98 Å². The number of hydrogen-bond acceptors (Lipinski definition) is 4. The fourth-order valence-electron chi connectivity index (χ4n) is 2.20. The molecule has 2 aromatic rings. The van der Waals surface area contributed by atoms with E-state index in [4.69, 9.17) is 16.5 Å². The highest BCUT2D eigenvalue weighted by Crippen LogP contribution is 2.44. The van der Waals surface area contributed by atoms with Gasteiger partial charge in [-0.1, -0.05) is 0 Å². The molecular formula is C12H15Br4N5. The van der Waals surface area contributed by atoms with Crippen molar-refractivity contribution in [2.75, 3.05) is 31.1 Å². The standard InChI is InChI=1S/C12H15Br4N5/c1-20-11-9(16)7(14)6(13)8(15)10(11)19-12(20)21(4-2-17)5-3-18/h2-5,17-18H2,1H3. The summed E-state index contributed by atoms with van der Waals surface area (Å²) in [4.78, 5) is 6.86. The number of nitrogens with zero attached hydrogens (tertiary/aromatic N) is 3. The number of benzene rings is 1.